The van der Waals surface area contributed by atoms with Gasteiger partial charge in [-0.25, -0.2) is 4.79 Å². The first-order valence-corrected chi connectivity index (χ1v) is 9.24. The number of amides is 2. The lowest BCUT2D eigenvalue weighted by molar-refractivity contribution is 0.207. The van der Waals surface area contributed by atoms with E-state index >= 15 is 0 Å². The maximum absolute atomic E-state index is 12.8. The largest absolute Gasteiger partial charge is 0.490 e. The van der Waals surface area contributed by atoms with Crippen molar-refractivity contribution in [1.29, 1.82) is 0 Å². The third-order valence-electron chi connectivity index (χ3n) is 4.97. The van der Waals surface area contributed by atoms with Crippen LogP contribution in [0.2, 0.25) is 0 Å². The summed E-state index contributed by atoms with van der Waals surface area (Å²) in [6.07, 6.45) is 2.85. The summed E-state index contributed by atoms with van der Waals surface area (Å²) in [5.41, 5.74) is 3.10. The van der Waals surface area contributed by atoms with E-state index in [1.807, 2.05) is 48.2 Å². The first-order valence-electron chi connectivity index (χ1n) is 9.24. The van der Waals surface area contributed by atoms with Crippen LogP contribution in [0.25, 0.3) is 0 Å². The molecule has 0 aromatic heterocycles. The van der Waals surface area contributed by atoms with E-state index in [1.54, 1.807) is 0 Å². The molecule has 1 saturated heterocycles. The summed E-state index contributed by atoms with van der Waals surface area (Å²) in [4.78, 5) is 14.7. The molecule has 0 aliphatic carbocycles. The number of urea groups is 1. The van der Waals surface area contributed by atoms with Gasteiger partial charge >= 0.3 is 6.03 Å². The Bertz CT molecular complexity index is 788. The first kappa shape index (κ1) is 16.8. The number of benzene rings is 2. The Balaban J connectivity index is 1.52. The minimum Gasteiger partial charge on any atom is -0.490 e. The molecule has 2 aromatic carbocycles. The van der Waals surface area contributed by atoms with Crippen molar-refractivity contribution in [1.82, 2.24) is 4.90 Å². The zero-order valence-electron chi connectivity index (χ0n) is 15.0. The number of carbonyl (C=O) groups excluding carboxylic acids is 1. The molecular weight excluding hydrogens is 328 g/mol. The van der Waals surface area contributed by atoms with Gasteiger partial charge < -0.3 is 19.7 Å². The third-order valence-corrected chi connectivity index (χ3v) is 4.97. The smallest absolute Gasteiger partial charge is 0.322 e. The van der Waals surface area contributed by atoms with Crippen LogP contribution in [0.3, 0.4) is 0 Å². The predicted molar refractivity (Wildman–Crippen MR) is 101 cm³/mol. The Morgan fingerprint density at radius 1 is 1.04 bits per heavy atom. The number of anilines is 1. The molecule has 136 valence electrons. The summed E-state index contributed by atoms with van der Waals surface area (Å²) in [6, 6.07) is 13.9. The van der Waals surface area contributed by atoms with Crippen LogP contribution in [-0.4, -0.2) is 30.7 Å². The number of rotatable bonds is 2. The van der Waals surface area contributed by atoms with Gasteiger partial charge in [-0.05, 0) is 49.6 Å². The maximum atomic E-state index is 12.8. The highest BCUT2D eigenvalue weighted by Crippen LogP contribution is 2.38. The lowest BCUT2D eigenvalue weighted by Crippen LogP contribution is -2.34. The molecule has 0 unspecified atom stereocenters. The number of fused-ring (bicyclic) bond motifs is 1. The maximum Gasteiger partial charge on any atom is 0.322 e. The lowest BCUT2D eigenvalue weighted by Gasteiger charge is -2.26. The molecule has 2 amide bonds. The Morgan fingerprint density at radius 3 is 2.62 bits per heavy atom. The third kappa shape index (κ3) is 3.47. The number of likely N-dealkylation sites (tertiary alicyclic amines) is 1. The van der Waals surface area contributed by atoms with Crippen molar-refractivity contribution in [2.75, 3.05) is 25.1 Å². The second kappa shape index (κ2) is 7.28. The summed E-state index contributed by atoms with van der Waals surface area (Å²) >= 11 is 0. The van der Waals surface area contributed by atoms with E-state index in [2.05, 4.69) is 11.4 Å². The van der Waals surface area contributed by atoms with Crippen LogP contribution in [0.5, 0.6) is 11.5 Å². The van der Waals surface area contributed by atoms with Gasteiger partial charge in [-0.1, -0.05) is 23.8 Å². The van der Waals surface area contributed by atoms with E-state index in [0.717, 1.165) is 48.6 Å². The highest BCUT2D eigenvalue weighted by molar-refractivity contribution is 5.89. The second-order valence-electron chi connectivity index (χ2n) is 6.90. The average Bonchev–Trinajstić information content (AvgIpc) is 3.02. The topological polar surface area (TPSA) is 50.8 Å². The van der Waals surface area contributed by atoms with Crippen LogP contribution >= 0.6 is 0 Å². The molecule has 4 rings (SSSR count). The van der Waals surface area contributed by atoms with Gasteiger partial charge in [0.15, 0.2) is 11.5 Å². The fraction of sp³-hybridized carbons (Fsp3) is 0.381. The van der Waals surface area contributed by atoms with E-state index in [9.17, 15) is 4.79 Å². The molecule has 26 heavy (non-hydrogen) atoms. The lowest BCUT2D eigenvalue weighted by atomic mass is 10.0. The fourth-order valence-electron chi connectivity index (χ4n) is 3.58. The number of hydrogen-bond donors (Lipinski definition) is 1. The van der Waals surface area contributed by atoms with Crippen molar-refractivity contribution in [3.05, 3.63) is 53.6 Å². The quantitative estimate of drug-likeness (QED) is 0.864. The second-order valence-corrected chi connectivity index (χ2v) is 6.90. The molecule has 5 heteroatoms. The molecule has 2 aliphatic heterocycles. The van der Waals surface area contributed by atoms with E-state index < -0.39 is 0 Å². The summed E-state index contributed by atoms with van der Waals surface area (Å²) < 4.78 is 11.5. The zero-order chi connectivity index (χ0) is 17.9. The van der Waals surface area contributed by atoms with Crippen molar-refractivity contribution in [2.45, 2.75) is 32.2 Å². The van der Waals surface area contributed by atoms with Crippen LogP contribution in [-0.2, 0) is 0 Å². The van der Waals surface area contributed by atoms with Crippen LogP contribution in [0.15, 0.2) is 42.5 Å². The van der Waals surface area contributed by atoms with E-state index in [0.29, 0.717) is 13.2 Å². The molecule has 5 nitrogen and oxygen atoms in total. The van der Waals surface area contributed by atoms with Crippen molar-refractivity contribution in [3.8, 4) is 11.5 Å². The van der Waals surface area contributed by atoms with Crippen molar-refractivity contribution in [3.63, 3.8) is 0 Å². The number of nitrogens with zero attached hydrogens (tertiary/aromatic N) is 1. The molecule has 1 fully saturated rings. The molecule has 2 aliphatic rings. The number of nitrogens with one attached hydrogen (secondary N) is 1. The Labute approximate surface area is 153 Å². The number of ether oxygens (including phenoxy) is 2. The van der Waals surface area contributed by atoms with Gasteiger partial charge in [0.05, 0.1) is 19.3 Å². The molecule has 1 N–H and O–H groups in total. The van der Waals surface area contributed by atoms with E-state index in [4.69, 9.17) is 9.47 Å². The Hall–Kier alpha value is -2.69. The van der Waals surface area contributed by atoms with Crippen LogP contribution in [0.1, 0.15) is 36.4 Å². The summed E-state index contributed by atoms with van der Waals surface area (Å²) in [7, 11) is 0. The molecule has 2 heterocycles. The van der Waals surface area contributed by atoms with E-state index in [1.165, 1.54) is 5.56 Å². The minimum atomic E-state index is -0.0523. The number of carbonyl (C=O) groups is 1. The van der Waals surface area contributed by atoms with Crippen LogP contribution in [0.4, 0.5) is 10.5 Å². The SMILES string of the molecule is Cc1ccc(NC(=O)N2CCC[C@H]2c2ccc3c(c2)OCCCO3)cc1. The van der Waals surface area contributed by atoms with Crippen LogP contribution < -0.4 is 14.8 Å². The summed E-state index contributed by atoms with van der Waals surface area (Å²) in [5, 5.41) is 3.01. The van der Waals surface area contributed by atoms with E-state index in [-0.39, 0.29) is 12.1 Å². The van der Waals surface area contributed by atoms with Crippen molar-refractivity contribution < 1.29 is 14.3 Å². The van der Waals surface area contributed by atoms with Gasteiger partial charge in [-0.15, -0.1) is 0 Å². The van der Waals surface area contributed by atoms with Gasteiger partial charge in [0, 0.05) is 18.7 Å². The van der Waals surface area contributed by atoms with Crippen LogP contribution in [0, 0.1) is 6.92 Å². The molecule has 0 bridgehead atoms. The molecule has 1 atom stereocenters. The van der Waals surface area contributed by atoms with Gasteiger partial charge in [0.25, 0.3) is 0 Å². The van der Waals surface area contributed by atoms with Gasteiger partial charge in [-0.2, -0.15) is 0 Å². The van der Waals surface area contributed by atoms with Crippen molar-refractivity contribution >= 4 is 11.7 Å². The van der Waals surface area contributed by atoms with Gasteiger partial charge in [0.1, 0.15) is 0 Å². The normalized spacial score (nSPS) is 19.1. The number of aryl methyl sites for hydroxylation is 1. The van der Waals surface area contributed by atoms with Gasteiger partial charge in [0.2, 0.25) is 0 Å². The highest BCUT2D eigenvalue weighted by atomic mass is 16.5. The average molecular weight is 352 g/mol. The molecule has 0 saturated carbocycles. The fourth-order valence-corrected chi connectivity index (χ4v) is 3.58. The molecule has 0 radical (unpaired) electrons. The summed E-state index contributed by atoms with van der Waals surface area (Å²) in [5.74, 6) is 1.57. The highest BCUT2D eigenvalue weighted by Gasteiger charge is 2.30. The monoisotopic (exact) mass is 352 g/mol. The van der Waals surface area contributed by atoms with Gasteiger partial charge in [-0.3, -0.25) is 0 Å². The molecular formula is C21H24N2O3. The molecule has 2 aromatic rings. The predicted octanol–water partition coefficient (Wildman–Crippen LogP) is 4.53. The minimum absolute atomic E-state index is 0.0523. The number of hydrogen-bond acceptors (Lipinski definition) is 3. The Kier molecular flexibility index (Phi) is 4.69. The first-order chi connectivity index (χ1) is 12.7. The van der Waals surface area contributed by atoms with Crippen molar-refractivity contribution in [2.24, 2.45) is 0 Å². The Morgan fingerprint density at radius 2 is 1.81 bits per heavy atom. The molecule has 0 spiro atoms. The zero-order valence-corrected chi connectivity index (χ0v) is 15.0. The standard InChI is InChI=1S/C21H24N2O3/c1-15-5-8-17(9-6-15)22-21(24)23-11-2-4-18(23)16-7-10-19-20(14-16)26-13-3-12-25-19/h5-10,14,18H,2-4,11-13H2,1H3,(H,22,24)/t18-/m0/s1. The summed E-state index contributed by atoms with van der Waals surface area (Å²) in [6.45, 7) is 4.14.